The summed E-state index contributed by atoms with van der Waals surface area (Å²) >= 11 is 0. The molecule has 1 heterocycles. The van der Waals surface area contributed by atoms with Gasteiger partial charge in [-0.15, -0.1) is 0 Å². The fourth-order valence-corrected chi connectivity index (χ4v) is 6.57. The molecule has 244 valence electrons. The molecule has 1 unspecified atom stereocenters. The van der Waals surface area contributed by atoms with Crippen molar-refractivity contribution < 1.29 is 19.1 Å². The van der Waals surface area contributed by atoms with E-state index in [1.807, 2.05) is 63.2 Å². The summed E-state index contributed by atoms with van der Waals surface area (Å²) in [5.41, 5.74) is 12.0. The quantitative estimate of drug-likeness (QED) is 0.172. The third kappa shape index (κ3) is 7.52. The number of aryl methyl sites for hydroxylation is 3. The van der Waals surface area contributed by atoms with Gasteiger partial charge >= 0.3 is 5.97 Å². The lowest BCUT2D eigenvalue weighted by Gasteiger charge is -2.20. The maximum atomic E-state index is 14.0. The molecular formula is C43H43NO4. The number of carbonyl (C=O) groups is 2. The number of nitrogens with one attached hydrogen (secondary N) is 1. The molecule has 1 aliphatic heterocycles. The molecular weight excluding hydrogens is 594 g/mol. The zero-order valence-corrected chi connectivity index (χ0v) is 28.6. The van der Waals surface area contributed by atoms with Crippen LogP contribution in [0.3, 0.4) is 0 Å². The van der Waals surface area contributed by atoms with Gasteiger partial charge in [0.25, 0.3) is 0 Å². The lowest BCUT2D eigenvalue weighted by molar-refractivity contribution is -0.117. The largest absolute Gasteiger partial charge is 0.493 e. The second-order valence-corrected chi connectivity index (χ2v) is 13.8. The Labute approximate surface area is 283 Å². The number of benzene rings is 5. The highest BCUT2D eigenvalue weighted by molar-refractivity contribution is 5.96. The molecule has 48 heavy (non-hydrogen) atoms. The van der Waals surface area contributed by atoms with Crippen LogP contribution in [-0.2, 0) is 22.4 Å². The van der Waals surface area contributed by atoms with Gasteiger partial charge in [0.1, 0.15) is 11.4 Å². The second-order valence-electron chi connectivity index (χ2n) is 13.8. The normalized spacial score (nSPS) is 13.0. The van der Waals surface area contributed by atoms with Crippen molar-refractivity contribution in [3.63, 3.8) is 0 Å². The summed E-state index contributed by atoms with van der Waals surface area (Å²) in [5.74, 6) is 0.0451. The van der Waals surface area contributed by atoms with Crippen LogP contribution in [0, 0.1) is 20.8 Å². The first-order valence-corrected chi connectivity index (χ1v) is 16.6. The predicted molar refractivity (Wildman–Crippen MR) is 194 cm³/mol. The number of amides is 1. The molecule has 1 N–H and O–H groups in total. The van der Waals surface area contributed by atoms with Gasteiger partial charge in [0.05, 0.1) is 18.1 Å². The van der Waals surface area contributed by atoms with Gasteiger partial charge < -0.3 is 14.8 Å². The highest BCUT2D eigenvalue weighted by atomic mass is 16.6. The van der Waals surface area contributed by atoms with Crippen molar-refractivity contribution in [2.75, 3.05) is 11.9 Å². The van der Waals surface area contributed by atoms with Crippen molar-refractivity contribution in [3.8, 4) is 28.0 Å². The molecule has 0 spiro atoms. The van der Waals surface area contributed by atoms with Crippen LogP contribution in [0.1, 0.15) is 70.4 Å². The highest BCUT2D eigenvalue weighted by Crippen LogP contribution is 2.33. The molecule has 5 heteroatoms. The molecule has 0 aliphatic carbocycles. The van der Waals surface area contributed by atoms with Crippen LogP contribution in [-0.4, -0.2) is 24.1 Å². The predicted octanol–water partition coefficient (Wildman–Crippen LogP) is 9.80. The van der Waals surface area contributed by atoms with E-state index in [1.54, 1.807) is 12.1 Å². The van der Waals surface area contributed by atoms with Gasteiger partial charge in [-0.1, -0.05) is 72.3 Å². The number of carbonyl (C=O) groups excluding carboxylic acids is 2. The van der Waals surface area contributed by atoms with Gasteiger partial charge in [-0.2, -0.15) is 0 Å². The average molecular weight is 638 g/mol. The molecule has 1 amide bonds. The first-order valence-electron chi connectivity index (χ1n) is 16.6. The van der Waals surface area contributed by atoms with E-state index < -0.39 is 11.5 Å². The third-order valence-electron chi connectivity index (χ3n) is 8.80. The number of esters is 1. The van der Waals surface area contributed by atoms with Crippen molar-refractivity contribution in [1.82, 2.24) is 0 Å². The molecule has 5 aromatic rings. The molecule has 0 fully saturated rings. The minimum atomic E-state index is -0.575. The van der Waals surface area contributed by atoms with Crippen LogP contribution < -0.4 is 10.1 Å². The number of hydrogen-bond donors (Lipinski definition) is 1. The van der Waals surface area contributed by atoms with E-state index in [0.717, 1.165) is 52.3 Å². The fourth-order valence-electron chi connectivity index (χ4n) is 6.57. The topological polar surface area (TPSA) is 64.6 Å². The molecule has 0 saturated carbocycles. The molecule has 0 saturated heterocycles. The Morgan fingerprint density at radius 1 is 0.771 bits per heavy atom. The Balaban J connectivity index is 1.25. The lowest BCUT2D eigenvalue weighted by atomic mass is 9.89. The van der Waals surface area contributed by atoms with Gasteiger partial charge in [-0.05, 0) is 134 Å². The van der Waals surface area contributed by atoms with E-state index in [1.165, 1.54) is 27.8 Å². The van der Waals surface area contributed by atoms with Crippen LogP contribution in [0.25, 0.3) is 22.3 Å². The van der Waals surface area contributed by atoms with E-state index in [0.29, 0.717) is 12.0 Å². The monoisotopic (exact) mass is 637 g/mol. The molecule has 1 aliphatic rings. The number of rotatable bonds is 8. The van der Waals surface area contributed by atoms with E-state index in [-0.39, 0.29) is 11.9 Å². The summed E-state index contributed by atoms with van der Waals surface area (Å²) in [4.78, 5) is 26.6. The zero-order valence-electron chi connectivity index (χ0n) is 28.6. The van der Waals surface area contributed by atoms with Gasteiger partial charge in [-0.3, -0.25) is 4.79 Å². The van der Waals surface area contributed by atoms with E-state index >= 15 is 0 Å². The Kier molecular flexibility index (Phi) is 9.23. The maximum Gasteiger partial charge on any atom is 0.338 e. The summed E-state index contributed by atoms with van der Waals surface area (Å²) in [5, 5.41) is 3.18. The van der Waals surface area contributed by atoms with E-state index in [9.17, 15) is 9.59 Å². The lowest BCUT2D eigenvalue weighted by Crippen LogP contribution is -2.24. The summed E-state index contributed by atoms with van der Waals surface area (Å²) in [6.45, 7) is 12.7. The van der Waals surface area contributed by atoms with Crippen molar-refractivity contribution in [3.05, 3.63) is 142 Å². The van der Waals surface area contributed by atoms with Gasteiger partial charge in [-0.25, -0.2) is 4.79 Å². The van der Waals surface area contributed by atoms with Gasteiger partial charge in [0, 0.05) is 12.1 Å². The fraction of sp³-hybridized carbons (Fsp3) is 0.256. The maximum absolute atomic E-state index is 14.0. The smallest absolute Gasteiger partial charge is 0.338 e. The first-order chi connectivity index (χ1) is 22.9. The standard InChI is InChI=1S/C43H43NO4/c1-27-23-28(2)40(29(3)24-27)33-15-18-37(19-16-33)44-41(45)38(25-30-7-9-34(10-8-30)42(46)48-43(4,5)6)32-13-11-31(12-14-32)35-17-20-39-36(26-35)21-22-47-39/h7-20,23-24,26,38H,21-22,25H2,1-6H3,(H,44,45). The Morgan fingerprint density at radius 2 is 1.40 bits per heavy atom. The average Bonchev–Trinajstić information content (AvgIpc) is 3.52. The summed E-state index contributed by atoms with van der Waals surface area (Å²) in [6.07, 6.45) is 1.39. The Morgan fingerprint density at radius 3 is 2.04 bits per heavy atom. The van der Waals surface area contributed by atoms with Gasteiger partial charge in [0.15, 0.2) is 0 Å². The van der Waals surface area contributed by atoms with Crippen molar-refractivity contribution in [2.45, 2.75) is 65.9 Å². The molecule has 6 rings (SSSR count). The SMILES string of the molecule is Cc1cc(C)c(-c2ccc(NC(=O)C(Cc3ccc(C(=O)OC(C)(C)C)cc3)c3ccc(-c4ccc5c(c4)CCO5)cc3)cc2)c(C)c1. The second kappa shape index (κ2) is 13.5. The summed E-state index contributed by atoms with van der Waals surface area (Å²) in [6, 6.07) is 34.4. The molecule has 1 atom stereocenters. The minimum absolute atomic E-state index is 0.0934. The zero-order chi connectivity index (χ0) is 34.0. The first kappa shape index (κ1) is 32.8. The van der Waals surface area contributed by atoms with E-state index in [4.69, 9.17) is 9.47 Å². The van der Waals surface area contributed by atoms with Crippen LogP contribution >= 0.6 is 0 Å². The van der Waals surface area contributed by atoms with Crippen LogP contribution in [0.4, 0.5) is 5.69 Å². The number of hydrogen-bond acceptors (Lipinski definition) is 4. The third-order valence-corrected chi connectivity index (χ3v) is 8.80. The molecule has 0 bridgehead atoms. The van der Waals surface area contributed by atoms with Crippen LogP contribution in [0.2, 0.25) is 0 Å². The van der Waals surface area contributed by atoms with Crippen LogP contribution in [0.15, 0.2) is 103 Å². The van der Waals surface area contributed by atoms with Crippen molar-refractivity contribution >= 4 is 17.6 Å². The summed E-state index contributed by atoms with van der Waals surface area (Å²) < 4.78 is 11.2. The minimum Gasteiger partial charge on any atom is -0.493 e. The molecule has 0 aromatic heterocycles. The van der Waals surface area contributed by atoms with Crippen molar-refractivity contribution in [2.24, 2.45) is 0 Å². The number of ether oxygens (including phenoxy) is 2. The number of anilines is 1. The summed E-state index contributed by atoms with van der Waals surface area (Å²) in [7, 11) is 0. The molecule has 5 nitrogen and oxygen atoms in total. The molecule has 5 aromatic carbocycles. The van der Waals surface area contributed by atoms with Crippen LogP contribution in [0.5, 0.6) is 5.75 Å². The Hall–Kier alpha value is -5.16. The molecule has 0 radical (unpaired) electrons. The van der Waals surface area contributed by atoms with Crippen molar-refractivity contribution in [1.29, 1.82) is 0 Å². The highest BCUT2D eigenvalue weighted by Gasteiger charge is 2.23. The number of fused-ring (bicyclic) bond motifs is 1. The van der Waals surface area contributed by atoms with E-state index in [2.05, 4.69) is 74.6 Å². The van der Waals surface area contributed by atoms with Gasteiger partial charge in [0.2, 0.25) is 5.91 Å². The Bertz CT molecular complexity index is 1930.